The van der Waals surface area contributed by atoms with Gasteiger partial charge in [-0.2, -0.15) is 5.10 Å². The van der Waals surface area contributed by atoms with E-state index in [0.717, 1.165) is 0 Å². The van der Waals surface area contributed by atoms with Crippen molar-refractivity contribution in [2.45, 2.75) is 0 Å². The van der Waals surface area contributed by atoms with E-state index < -0.39 is 0 Å². The molecule has 0 aliphatic carbocycles. The van der Waals surface area contributed by atoms with Gasteiger partial charge in [0, 0.05) is 16.5 Å². The minimum Gasteiger partial charge on any atom is -0.266 e. The van der Waals surface area contributed by atoms with Gasteiger partial charge in [-0.3, -0.25) is 5.10 Å². The van der Waals surface area contributed by atoms with E-state index in [0.29, 0.717) is 0 Å². The molecule has 0 amide bonds. The van der Waals surface area contributed by atoms with Crippen LogP contribution in [0.3, 0.4) is 0 Å². The molecule has 1 aromatic heterocycles. The summed E-state index contributed by atoms with van der Waals surface area (Å²) in [7, 11) is 0. The Bertz CT molecular complexity index is 65.3. The van der Waals surface area contributed by atoms with Crippen LogP contribution in [-0.4, -0.2) is 15.2 Å². The summed E-state index contributed by atoms with van der Waals surface area (Å²) < 4.78 is 0. The molecule has 3 nitrogen and oxygen atoms in total. The van der Waals surface area contributed by atoms with Crippen LogP contribution >= 0.6 is 0 Å². The molecule has 0 atom stereocenters. The summed E-state index contributed by atoms with van der Waals surface area (Å²) in [4.78, 5) is 3.56. The maximum absolute atomic E-state index is 3.56. The van der Waals surface area contributed by atoms with Gasteiger partial charge in [0.2, 0.25) is 0 Å². The van der Waals surface area contributed by atoms with Crippen LogP contribution < -0.4 is 0 Å². The summed E-state index contributed by atoms with van der Waals surface area (Å²) in [6, 6.07) is 0. The second-order valence-electron chi connectivity index (χ2n) is 0.652. The molecule has 0 unspecified atom stereocenters. The zero-order valence-electron chi connectivity index (χ0n) is 2.87. The fourth-order valence-electron chi connectivity index (χ4n) is 0.167. The summed E-state index contributed by atoms with van der Waals surface area (Å²) in [5, 5.41) is 5.99. The van der Waals surface area contributed by atoms with Crippen molar-refractivity contribution in [1.82, 2.24) is 15.2 Å². The first-order valence-electron chi connectivity index (χ1n) is 1.29. The molecule has 1 N–H and O–H groups in total. The van der Waals surface area contributed by atoms with Gasteiger partial charge in [-0.25, -0.2) is 4.98 Å². The SMILES string of the molecule is [Ni].c1nc[nH]n1. The monoisotopic (exact) mass is 127 g/mol. The normalized spacial score (nSPS) is 6.67. The largest absolute Gasteiger partial charge is 0.266 e. The third-order valence-electron chi connectivity index (χ3n) is 0.331. The number of aromatic nitrogens is 3. The standard InChI is InChI=1S/C2H3N3.Ni/c1-3-2-5-4-1;/h1-2H,(H,3,4,5);. The number of nitrogens with one attached hydrogen (secondary N) is 1. The van der Waals surface area contributed by atoms with Crippen LogP contribution in [0.4, 0.5) is 0 Å². The predicted molar refractivity (Wildman–Crippen MR) is 16.4 cm³/mol. The second-order valence-corrected chi connectivity index (χ2v) is 0.652. The molecule has 0 aromatic carbocycles. The third kappa shape index (κ3) is 1.17. The minimum atomic E-state index is 0. The van der Waals surface area contributed by atoms with Crippen LogP contribution in [0.1, 0.15) is 0 Å². The van der Waals surface area contributed by atoms with Crippen LogP contribution in [-0.2, 0) is 16.5 Å². The van der Waals surface area contributed by atoms with Gasteiger partial charge < -0.3 is 0 Å². The molecule has 0 aliphatic rings. The van der Waals surface area contributed by atoms with Crippen molar-refractivity contribution in [3.63, 3.8) is 0 Å². The second kappa shape index (κ2) is 2.85. The Morgan fingerprint density at radius 3 is 2.50 bits per heavy atom. The maximum atomic E-state index is 3.56. The number of hydrogen-bond acceptors (Lipinski definition) is 2. The van der Waals surface area contributed by atoms with Gasteiger partial charge in [-0.1, -0.05) is 0 Å². The Balaban J connectivity index is 0.000000250. The summed E-state index contributed by atoms with van der Waals surface area (Å²) >= 11 is 0. The van der Waals surface area contributed by atoms with Crippen molar-refractivity contribution in [3.05, 3.63) is 12.7 Å². The minimum absolute atomic E-state index is 0. The van der Waals surface area contributed by atoms with Crippen molar-refractivity contribution >= 4 is 0 Å². The first-order chi connectivity index (χ1) is 2.50. The Labute approximate surface area is 45.1 Å². The Hall–Kier alpha value is -0.366. The number of rotatable bonds is 0. The Morgan fingerprint density at radius 1 is 1.50 bits per heavy atom. The van der Waals surface area contributed by atoms with Crippen molar-refractivity contribution in [3.8, 4) is 0 Å². The van der Waals surface area contributed by atoms with Gasteiger partial charge in [0.15, 0.2) is 0 Å². The number of nitrogens with zero attached hydrogens (tertiary/aromatic N) is 2. The molecule has 0 fully saturated rings. The molecule has 0 spiro atoms. The number of hydrogen-bond donors (Lipinski definition) is 1. The molecule has 1 aromatic rings. The zero-order valence-corrected chi connectivity index (χ0v) is 3.85. The van der Waals surface area contributed by atoms with E-state index in [1.165, 1.54) is 12.7 Å². The quantitative estimate of drug-likeness (QED) is 0.491. The zero-order chi connectivity index (χ0) is 3.54. The van der Waals surface area contributed by atoms with E-state index in [4.69, 9.17) is 0 Å². The first-order valence-corrected chi connectivity index (χ1v) is 1.29. The molecule has 0 saturated carbocycles. The van der Waals surface area contributed by atoms with Gasteiger partial charge in [-0.15, -0.1) is 0 Å². The Kier molecular flexibility index (Phi) is 2.68. The van der Waals surface area contributed by atoms with Crippen LogP contribution in [0.5, 0.6) is 0 Å². The van der Waals surface area contributed by atoms with E-state index >= 15 is 0 Å². The van der Waals surface area contributed by atoms with Gasteiger partial charge in [0.05, 0.1) is 0 Å². The molecule has 0 aliphatic heterocycles. The van der Waals surface area contributed by atoms with Gasteiger partial charge in [0.1, 0.15) is 12.7 Å². The molecule has 0 bridgehead atoms. The number of H-pyrrole nitrogens is 1. The van der Waals surface area contributed by atoms with Crippen LogP contribution in [0.2, 0.25) is 0 Å². The summed E-state index contributed by atoms with van der Waals surface area (Å²) in [5.74, 6) is 0. The maximum Gasteiger partial charge on any atom is 0.137 e. The molecule has 1 heterocycles. The van der Waals surface area contributed by atoms with Crippen LogP contribution in [0.25, 0.3) is 0 Å². The van der Waals surface area contributed by atoms with Gasteiger partial charge >= 0.3 is 0 Å². The average Bonchev–Trinajstić information content (AvgIpc) is 1.76. The van der Waals surface area contributed by atoms with Crippen molar-refractivity contribution in [2.75, 3.05) is 0 Å². The number of aromatic amines is 1. The van der Waals surface area contributed by atoms with Crippen molar-refractivity contribution < 1.29 is 16.5 Å². The van der Waals surface area contributed by atoms with Crippen molar-refractivity contribution in [1.29, 1.82) is 0 Å². The van der Waals surface area contributed by atoms with Crippen LogP contribution in [0, 0.1) is 0 Å². The molecule has 1 rings (SSSR count). The van der Waals surface area contributed by atoms with Crippen LogP contribution in [0.15, 0.2) is 12.7 Å². The van der Waals surface area contributed by atoms with E-state index in [1.54, 1.807) is 0 Å². The summed E-state index contributed by atoms with van der Waals surface area (Å²) in [5.41, 5.74) is 0. The summed E-state index contributed by atoms with van der Waals surface area (Å²) in [6.45, 7) is 0. The third-order valence-corrected chi connectivity index (χ3v) is 0.331. The average molecular weight is 128 g/mol. The smallest absolute Gasteiger partial charge is 0.137 e. The molecule has 4 heteroatoms. The molecular formula is C2H3N3Ni. The van der Waals surface area contributed by atoms with E-state index in [-0.39, 0.29) is 16.5 Å². The first kappa shape index (κ1) is 5.63. The molecule has 0 saturated heterocycles. The molecule has 0 radical (unpaired) electrons. The predicted octanol–water partition coefficient (Wildman–Crippen LogP) is -0.198. The summed E-state index contributed by atoms with van der Waals surface area (Å²) in [6.07, 6.45) is 2.96. The van der Waals surface area contributed by atoms with E-state index in [2.05, 4.69) is 15.2 Å². The fraction of sp³-hybridized carbons (Fsp3) is 0. The molecule has 36 valence electrons. The van der Waals surface area contributed by atoms with E-state index in [1.807, 2.05) is 0 Å². The Morgan fingerprint density at radius 2 is 2.33 bits per heavy atom. The van der Waals surface area contributed by atoms with Gasteiger partial charge in [-0.05, 0) is 0 Å². The molecule has 6 heavy (non-hydrogen) atoms. The fourth-order valence-corrected chi connectivity index (χ4v) is 0.167. The topological polar surface area (TPSA) is 41.6 Å². The van der Waals surface area contributed by atoms with Gasteiger partial charge in [0.25, 0.3) is 0 Å². The van der Waals surface area contributed by atoms with E-state index in [9.17, 15) is 0 Å². The van der Waals surface area contributed by atoms with Crippen molar-refractivity contribution in [2.24, 2.45) is 0 Å². The molecular weight excluding hydrogens is 125 g/mol.